The number of para-hydroxylation sites is 2. The molecule has 1 aliphatic heterocycles. The number of morpholine rings is 1. The molecular weight excluding hydrogens is 527 g/mol. The normalized spacial score (nSPS) is 14.2. The highest BCUT2D eigenvalue weighted by Crippen LogP contribution is 2.17. The Morgan fingerprint density at radius 1 is 1.06 bits per heavy atom. The number of hydrogen-bond acceptors (Lipinski definition) is 4. The summed E-state index contributed by atoms with van der Waals surface area (Å²) in [5.74, 6) is 1.92. The van der Waals surface area contributed by atoms with Crippen molar-refractivity contribution in [3.8, 4) is 0 Å². The third-order valence-electron chi connectivity index (χ3n) is 5.77. The van der Waals surface area contributed by atoms with Gasteiger partial charge in [-0.2, -0.15) is 0 Å². The molecule has 0 amide bonds. The van der Waals surface area contributed by atoms with Crippen molar-refractivity contribution in [1.82, 2.24) is 20.2 Å². The van der Waals surface area contributed by atoms with Crippen molar-refractivity contribution in [3.63, 3.8) is 0 Å². The highest BCUT2D eigenvalue weighted by molar-refractivity contribution is 14.0. The van der Waals surface area contributed by atoms with E-state index < -0.39 is 0 Å². The average Bonchev–Trinajstić information content (AvgIpc) is 3.16. The number of benzene rings is 2. The van der Waals surface area contributed by atoms with Crippen LogP contribution in [0.2, 0.25) is 0 Å². The lowest BCUT2D eigenvalue weighted by Crippen LogP contribution is -2.38. The van der Waals surface area contributed by atoms with E-state index in [9.17, 15) is 0 Å². The Balaban J connectivity index is 0.00000306. The van der Waals surface area contributed by atoms with Crippen LogP contribution in [-0.2, 0) is 17.8 Å². The van der Waals surface area contributed by atoms with Crippen LogP contribution in [0.3, 0.4) is 0 Å². The Bertz CT molecular complexity index is 1030. The maximum absolute atomic E-state index is 5.44. The molecule has 8 heteroatoms. The van der Waals surface area contributed by atoms with Gasteiger partial charge in [-0.1, -0.05) is 24.3 Å². The Labute approximate surface area is 213 Å². The zero-order chi connectivity index (χ0) is 22.2. The van der Waals surface area contributed by atoms with Gasteiger partial charge in [-0.05, 0) is 50.1 Å². The first-order valence-corrected chi connectivity index (χ1v) is 11.6. The molecule has 2 heterocycles. The van der Waals surface area contributed by atoms with Crippen molar-refractivity contribution < 1.29 is 4.74 Å². The summed E-state index contributed by atoms with van der Waals surface area (Å²) in [6, 6.07) is 17.0. The maximum Gasteiger partial charge on any atom is 0.191 e. The quantitative estimate of drug-likeness (QED) is 0.189. The third kappa shape index (κ3) is 6.83. The van der Waals surface area contributed by atoms with Gasteiger partial charge in [-0.3, -0.25) is 0 Å². The molecule has 0 bridgehead atoms. The number of imidazole rings is 1. The van der Waals surface area contributed by atoms with Crippen LogP contribution >= 0.6 is 24.0 Å². The number of nitrogens with one attached hydrogen (secondary N) is 2. The van der Waals surface area contributed by atoms with Gasteiger partial charge in [0.2, 0.25) is 0 Å². The number of halogens is 1. The molecule has 0 spiro atoms. The number of hydrogen-bond donors (Lipinski definition) is 2. The molecule has 33 heavy (non-hydrogen) atoms. The zero-order valence-corrected chi connectivity index (χ0v) is 21.9. The zero-order valence-electron chi connectivity index (χ0n) is 19.6. The van der Waals surface area contributed by atoms with E-state index >= 15 is 0 Å². The first-order chi connectivity index (χ1) is 15.7. The summed E-state index contributed by atoms with van der Waals surface area (Å²) < 4.78 is 7.73. The van der Waals surface area contributed by atoms with Crippen LogP contribution in [0.5, 0.6) is 0 Å². The van der Waals surface area contributed by atoms with Crippen LogP contribution in [0.15, 0.2) is 53.5 Å². The number of ether oxygens (including phenoxy) is 1. The van der Waals surface area contributed by atoms with Gasteiger partial charge >= 0.3 is 0 Å². The molecule has 0 radical (unpaired) electrons. The van der Waals surface area contributed by atoms with Gasteiger partial charge in [-0.25, -0.2) is 9.98 Å². The fourth-order valence-electron chi connectivity index (χ4n) is 4.07. The second kappa shape index (κ2) is 12.8. The summed E-state index contributed by atoms with van der Waals surface area (Å²) in [6.07, 6.45) is 1.000. The van der Waals surface area contributed by atoms with Crippen molar-refractivity contribution in [1.29, 1.82) is 0 Å². The molecule has 2 aromatic carbocycles. The summed E-state index contributed by atoms with van der Waals surface area (Å²) >= 11 is 0. The van der Waals surface area contributed by atoms with E-state index in [1.54, 1.807) is 0 Å². The Hall–Kier alpha value is -2.33. The molecule has 0 aliphatic carbocycles. The lowest BCUT2D eigenvalue weighted by molar-refractivity contribution is 0.122. The first-order valence-electron chi connectivity index (χ1n) is 11.6. The largest absolute Gasteiger partial charge is 0.378 e. The van der Waals surface area contributed by atoms with Crippen molar-refractivity contribution in [2.45, 2.75) is 33.4 Å². The topological polar surface area (TPSA) is 66.7 Å². The molecule has 0 unspecified atom stereocenters. The molecule has 1 saturated heterocycles. The van der Waals surface area contributed by atoms with Gasteiger partial charge in [0.1, 0.15) is 5.82 Å². The maximum atomic E-state index is 5.44. The monoisotopic (exact) mass is 562 g/mol. The van der Waals surface area contributed by atoms with Gasteiger partial charge < -0.3 is 24.8 Å². The van der Waals surface area contributed by atoms with Crippen LogP contribution in [-0.4, -0.2) is 54.9 Å². The molecule has 7 nitrogen and oxygen atoms in total. The van der Waals surface area contributed by atoms with Gasteiger partial charge in [-0.15, -0.1) is 24.0 Å². The van der Waals surface area contributed by atoms with Crippen molar-refractivity contribution in [3.05, 3.63) is 59.9 Å². The Morgan fingerprint density at radius 2 is 1.82 bits per heavy atom. The summed E-state index contributed by atoms with van der Waals surface area (Å²) in [6.45, 7) is 11.0. The first kappa shape index (κ1) is 25.3. The molecule has 1 aliphatic rings. The molecule has 0 atom stereocenters. The van der Waals surface area contributed by atoms with Crippen LogP contribution in [0.25, 0.3) is 11.0 Å². The van der Waals surface area contributed by atoms with Gasteiger partial charge in [0.25, 0.3) is 0 Å². The predicted molar refractivity (Wildman–Crippen MR) is 147 cm³/mol. The minimum atomic E-state index is 0. The number of aryl methyl sites for hydroxylation is 2. The molecule has 3 aromatic rings. The molecule has 178 valence electrons. The summed E-state index contributed by atoms with van der Waals surface area (Å²) in [4.78, 5) is 11.8. The highest BCUT2D eigenvalue weighted by Gasteiger charge is 2.11. The van der Waals surface area contributed by atoms with Crippen molar-refractivity contribution in [2.24, 2.45) is 4.99 Å². The molecule has 0 saturated carbocycles. The fourth-order valence-corrected chi connectivity index (χ4v) is 4.07. The van der Waals surface area contributed by atoms with E-state index in [0.29, 0.717) is 6.54 Å². The van der Waals surface area contributed by atoms with E-state index in [1.165, 1.54) is 16.8 Å². The van der Waals surface area contributed by atoms with Crippen LogP contribution < -0.4 is 15.5 Å². The van der Waals surface area contributed by atoms with E-state index in [-0.39, 0.29) is 24.0 Å². The fraction of sp³-hybridized carbons (Fsp3) is 0.440. The van der Waals surface area contributed by atoms with Crippen LogP contribution in [0.1, 0.15) is 24.7 Å². The number of aliphatic imine (C=N–C) groups is 1. The summed E-state index contributed by atoms with van der Waals surface area (Å²) in [5.41, 5.74) is 4.73. The van der Waals surface area contributed by atoms with Crippen molar-refractivity contribution >= 4 is 46.7 Å². The van der Waals surface area contributed by atoms with E-state index in [2.05, 4.69) is 81.4 Å². The second-order valence-electron chi connectivity index (χ2n) is 8.04. The van der Waals surface area contributed by atoms with Crippen LogP contribution in [0, 0.1) is 6.92 Å². The number of rotatable bonds is 8. The van der Waals surface area contributed by atoms with Crippen molar-refractivity contribution in [2.75, 3.05) is 44.3 Å². The standard InChI is InChI=1S/C25H34N6O.HI/c1-3-26-25(27-13-6-14-31-20(2)29-23-7-4-5-8-24(23)31)28-19-21-9-11-22(12-10-21)30-15-17-32-18-16-30;/h4-5,7-12H,3,6,13-19H2,1-2H3,(H2,26,27,28);1H. The van der Waals surface area contributed by atoms with E-state index in [0.717, 1.165) is 69.7 Å². The lowest BCUT2D eigenvalue weighted by Gasteiger charge is -2.28. The summed E-state index contributed by atoms with van der Waals surface area (Å²) in [7, 11) is 0. The number of guanidine groups is 1. The SMILES string of the molecule is CCNC(=NCc1ccc(N2CCOCC2)cc1)NCCCn1c(C)nc2ccccc21.I. The van der Waals surface area contributed by atoms with Crippen LogP contribution in [0.4, 0.5) is 5.69 Å². The third-order valence-corrected chi connectivity index (χ3v) is 5.77. The molecule has 2 N–H and O–H groups in total. The van der Waals surface area contributed by atoms with E-state index in [1.807, 2.05) is 6.07 Å². The average molecular weight is 563 g/mol. The smallest absolute Gasteiger partial charge is 0.191 e. The molecular formula is C25H35IN6O. The predicted octanol–water partition coefficient (Wildman–Crippen LogP) is 3.94. The number of fused-ring (bicyclic) bond motifs is 1. The summed E-state index contributed by atoms with van der Waals surface area (Å²) in [5, 5.41) is 6.82. The second-order valence-corrected chi connectivity index (χ2v) is 8.04. The molecule has 1 fully saturated rings. The number of nitrogens with zero attached hydrogens (tertiary/aromatic N) is 4. The number of anilines is 1. The Morgan fingerprint density at radius 3 is 2.58 bits per heavy atom. The lowest BCUT2D eigenvalue weighted by atomic mass is 10.2. The Kier molecular flexibility index (Phi) is 9.80. The molecule has 1 aromatic heterocycles. The highest BCUT2D eigenvalue weighted by atomic mass is 127. The van der Waals surface area contributed by atoms with Gasteiger partial charge in [0.05, 0.1) is 30.8 Å². The van der Waals surface area contributed by atoms with E-state index in [4.69, 9.17) is 9.73 Å². The number of aromatic nitrogens is 2. The molecule has 4 rings (SSSR count). The van der Waals surface area contributed by atoms with Gasteiger partial charge in [0.15, 0.2) is 5.96 Å². The minimum absolute atomic E-state index is 0. The van der Waals surface area contributed by atoms with Gasteiger partial charge in [0, 0.05) is 38.4 Å². The minimum Gasteiger partial charge on any atom is -0.378 e.